The summed E-state index contributed by atoms with van der Waals surface area (Å²) < 4.78 is 2.03. The van der Waals surface area contributed by atoms with Crippen molar-refractivity contribution in [2.75, 3.05) is 19.6 Å². The lowest BCUT2D eigenvalue weighted by atomic mass is 10.2. The van der Waals surface area contributed by atoms with Gasteiger partial charge in [-0.05, 0) is 24.5 Å². The van der Waals surface area contributed by atoms with Gasteiger partial charge in [0.05, 0.1) is 13.1 Å². The Kier molecular flexibility index (Phi) is 7.86. The number of rotatable bonds is 9. The van der Waals surface area contributed by atoms with Crippen LogP contribution >= 0.6 is 0 Å². The molecule has 0 unspecified atom stereocenters. The average molecular weight is 321 g/mol. The van der Waals surface area contributed by atoms with E-state index in [1.54, 1.807) is 4.90 Å². The summed E-state index contributed by atoms with van der Waals surface area (Å²) in [6, 6.07) is 4.01. The molecule has 0 radical (unpaired) electrons. The van der Waals surface area contributed by atoms with E-state index in [1.807, 2.05) is 48.7 Å². The first-order chi connectivity index (χ1) is 10.9. The molecule has 130 valence electrons. The molecule has 0 aliphatic carbocycles. The number of aromatic nitrogens is 1. The minimum Gasteiger partial charge on any atom is -0.353 e. The van der Waals surface area contributed by atoms with Crippen molar-refractivity contribution in [2.24, 2.45) is 13.0 Å². The minimum absolute atomic E-state index is 0.0233. The molecule has 23 heavy (non-hydrogen) atoms. The standard InChI is InChI=1S/C18H31N3O2/c1-6-10-20(17(22)7-2)14-18(23)21(12-15(3)4)13-16-9-8-11-19(16)5/h8-9,11,15H,6-7,10,12-14H2,1-5H3. The number of nitrogens with zero attached hydrogens (tertiary/aromatic N) is 3. The van der Waals surface area contributed by atoms with Gasteiger partial charge in [0.2, 0.25) is 11.8 Å². The van der Waals surface area contributed by atoms with Gasteiger partial charge in [0.1, 0.15) is 0 Å². The van der Waals surface area contributed by atoms with Gasteiger partial charge in [-0.15, -0.1) is 0 Å². The molecule has 1 rings (SSSR count). The first-order valence-corrected chi connectivity index (χ1v) is 8.54. The SMILES string of the molecule is CCCN(CC(=O)N(Cc1cccn1C)CC(C)C)C(=O)CC. The van der Waals surface area contributed by atoms with Crippen molar-refractivity contribution in [3.8, 4) is 0 Å². The third-order valence-corrected chi connectivity index (χ3v) is 3.82. The van der Waals surface area contributed by atoms with Crippen LogP contribution in [-0.2, 0) is 23.2 Å². The number of hydrogen-bond acceptors (Lipinski definition) is 2. The fourth-order valence-electron chi connectivity index (χ4n) is 2.60. The molecule has 5 nitrogen and oxygen atoms in total. The third kappa shape index (κ3) is 6.08. The third-order valence-electron chi connectivity index (χ3n) is 3.82. The first-order valence-electron chi connectivity index (χ1n) is 8.54. The van der Waals surface area contributed by atoms with Crippen LogP contribution in [0.2, 0.25) is 0 Å². The van der Waals surface area contributed by atoms with Crippen LogP contribution < -0.4 is 0 Å². The van der Waals surface area contributed by atoms with Gasteiger partial charge < -0.3 is 14.4 Å². The summed E-state index contributed by atoms with van der Waals surface area (Å²) in [5, 5.41) is 0. The van der Waals surface area contributed by atoms with Crippen molar-refractivity contribution in [3.63, 3.8) is 0 Å². The van der Waals surface area contributed by atoms with E-state index in [1.165, 1.54) is 0 Å². The maximum absolute atomic E-state index is 12.7. The molecule has 1 aromatic rings. The minimum atomic E-state index is 0.0233. The van der Waals surface area contributed by atoms with Gasteiger partial charge in [-0.3, -0.25) is 9.59 Å². The second kappa shape index (κ2) is 9.38. The maximum Gasteiger partial charge on any atom is 0.242 e. The summed E-state index contributed by atoms with van der Waals surface area (Å²) in [4.78, 5) is 28.3. The first kappa shape index (κ1) is 19.3. The van der Waals surface area contributed by atoms with Gasteiger partial charge in [-0.1, -0.05) is 27.7 Å². The van der Waals surface area contributed by atoms with Gasteiger partial charge in [-0.25, -0.2) is 0 Å². The molecule has 0 aromatic carbocycles. The molecule has 1 heterocycles. The Morgan fingerprint density at radius 3 is 2.35 bits per heavy atom. The number of amides is 2. The molecule has 5 heteroatoms. The molecule has 0 N–H and O–H groups in total. The summed E-state index contributed by atoms with van der Waals surface area (Å²) in [5.74, 6) is 0.458. The fraction of sp³-hybridized carbons (Fsp3) is 0.667. The highest BCUT2D eigenvalue weighted by Crippen LogP contribution is 2.10. The van der Waals surface area contributed by atoms with Crippen molar-refractivity contribution in [3.05, 3.63) is 24.0 Å². The molecule has 0 aliphatic rings. The predicted molar refractivity (Wildman–Crippen MR) is 92.8 cm³/mol. The molecule has 0 saturated heterocycles. The highest BCUT2D eigenvalue weighted by molar-refractivity contribution is 5.84. The largest absolute Gasteiger partial charge is 0.353 e. The zero-order valence-electron chi connectivity index (χ0n) is 15.2. The Balaban J connectivity index is 2.81. The summed E-state index contributed by atoms with van der Waals surface area (Å²) >= 11 is 0. The Morgan fingerprint density at radius 2 is 1.87 bits per heavy atom. The lowest BCUT2D eigenvalue weighted by Crippen LogP contribution is -2.44. The summed E-state index contributed by atoms with van der Waals surface area (Å²) in [7, 11) is 1.98. The zero-order valence-corrected chi connectivity index (χ0v) is 15.2. The van der Waals surface area contributed by atoms with Crippen LogP contribution in [0.1, 0.15) is 46.2 Å². The maximum atomic E-state index is 12.7. The monoisotopic (exact) mass is 321 g/mol. The Hall–Kier alpha value is -1.78. The lowest BCUT2D eigenvalue weighted by Gasteiger charge is -2.28. The van der Waals surface area contributed by atoms with Crippen LogP contribution in [0.15, 0.2) is 18.3 Å². The van der Waals surface area contributed by atoms with Crippen LogP contribution in [0.25, 0.3) is 0 Å². The van der Waals surface area contributed by atoms with E-state index in [9.17, 15) is 9.59 Å². The summed E-state index contributed by atoms with van der Waals surface area (Å²) in [5.41, 5.74) is 1.10. The highest BCUT2D eigenvalue weighted by atomic mass is 16.2. The van der Waals surface area contributed by atoms with Crippen LogP contribution in [0.3, 0.4) is 0 Å². The molecular weight excluding hydrogens is 290 g/mol. The smallest absolute Gasteiger partial charge is 0.242 e. The van der Waals surface area contributed by atoms with Crippen LogP contribution in [-0.4, -0.2) is 45.8 Å². The van der Waals surface area contributed by atoms with Crippen molar-refractivity contribution in [2.45, 2.75) is 47.1 Å². The molecule has 2 amide bonds. The van der Waals surface area contributed by atoms with Crippen LogP contribution in [0, 0.1) is 5.92 Å². The second-order valence-electron chi connectivity index (χ2n) is 6.45. The van der Waals surface area contributed by atoms with E-state index in [-0.39, 0.29) is 18.4 Å². The second-order valence-corrected chi connectivity index (χ2v) is 6.45. The van der Waals surface area contributed by atoms with E-state index >= 15 is 0 Å². The van der Waals surface area contributed by atoms with Gasteiger partial charge >= 0.3 is 0 Å². The van der Waals surface area contributed by atoms with Gasteiger partial charge in [-0.2, -0.15) is 0 Å². The zero-order chi connectivity index (χ0) is 17.4. The molecule has 0 saturated carbocycles. The molecule has 0 aliphatic heterocycles. The number of carbonyl (C=O) groups is 2. The van der Waals surface area contributed by atoms with Crippen molar-refractivity contribution >= 4 is 11.8 Å². The Bertz CT molecular complexity index is 508. The average Bonchev–Trinajstić information content (AvgIpc) is 2.90. The molecule has 1 aromatic heterocycles. The number of hydrogen-bond donors (Lipinski definition) is 0. The fourth-order valence-corrected chi connectivity index (χ4v) is 2.60. The van der Waals surface area contributed by atoms with Crippen LogP contribution in [0.4, 0.5) is 0 Å². The van der Waals surface area contributed by atoms with E-state index < -0.39 is 0 Å². The molecule has 0 spiro atoms. The van der Waals surface area contributed by atoms with E-state index in [0.717, 1.165) is 12.1 Å². The molecular formula is C18H31N3O2. The Morgan fingerprint density at radius 1 is 1.17 bits per heavy atom. The topological polar surface area (TPSA) is 45.6 Å². The molecule has 0 fully saturated rings. The predicted octanol–water partition coefficient (Wildman–Crippen LogP) is 2.66. The Labute approximate surface area is 140 Å². The number of aryl methyl sites for hydroxylation is 1. The van der Waals surface area contributed by atoms with Gasteiger partial charge in [0.15, 0.2) is 0 Å². The van der Waals surface area contributed by atoms with Crippen LogP contribution in [0.5, 0.6) is 0 Å². The van der Waals surface area contributed by atoms with Crippen molar-refractivity contribution < 1.29 is 9.59 Å². The number of carbonyl (C=O) groups excluding carboxylic acids is 2. The van der Waals surface area contributed by atoms with E-state index in [2.05, 4.69) is 13.8 Å². The lowest BCUT2D eigenvalue weighted by molar-refractivity contribution is -0.141. The summed E-state index contributed by atoms with van der Waals surface area (Å²) in [6.45, 7) is 10.2. The van der Waals surface area contributed by atoms with Crippen molar-refractivity contribution in [1.82, 2.24) is 14.4 Å². The quantitative estimate of drug-likeness (QED) is 0.702. The molecule has 0 bridgehead atoms. The van der Waals surface area contributed by atoms with E-state index in [4.69, 9.17) is 0 Å². The summed E-state index contributed by atoms with van der Waals surface area (Å²) in [6.07, 6.45) is 3.29. The van der Waals surface area contributed by atoms with Crippen molar-refractivity contribution in [1.29, 1.82) is 0 Å². The molecule has 0 atom stereocenters. The van der Waals surface area contributed by atoms with Gasteiger partial charge in [0.25, 0.3) is 0 Å². The highest BCUT2D eigenvalue weighted by Gasteiger charge is 2.21. The normalized spacial score (nSPS) is 10.9. The van der Waals surface area contributed by atoms with Gasteiger partial charge in [0, 0.05) is 38.4 Å². The van der Waals surface area contributed by atoms with E-state index in [0.29, 0.717) is 32.0 Å².